The molecule has 0 spiro atoms. The fourth-order valence-electron chi connectivity index (χ4n) is 2.94. The Morgan fingerprint density at radius 3 is 2.35 bits per heavy atom. The van der Waals surface area contributed by atoms with Gasteiger partial charge >= 0.3 is 18.0 Å². The van der Waals surface area contributed by atoms with Crippen molar-refractivity contribution >= 4 is 18.0 Å². The number of carbonyl (C=O) groups is 3. The largest absolute Gasteiger partial charge is 0.480 e. The number of carboxylic acid groups (broad SMARTS) is 2. The lowest BCUT2D eigenvalue weighted by Gasteiger charge is -2.20. The molecule has 2 atom stereocenters. The molecule has 0 aromatic heterocycles. The highest BCUT2D eigenvalue weighted by molar-refractivity contribution is 5.80. The Morgan fingerprint density at radius 2 is 1.81 bits per heavy atom. The third kappa shape index (κ3) is 5.73. The Hall–Kier alpha value is -2.61. The zero-order valence-electron chi connectivity index (χ0n) is 14.5. The molecule has 0 radical (unpaired) electrons. The molecule has 8 heteroatoms. The first-order chi connectivity index (χ1) is 12.5. The lowest BCUT2D eigenvalue weighted by atomic mass is 10.2. The zero-order chi connectivity index (χ0) is 18.9. The standard InChI is InChI=1S/C13H15NO4.C5H9NO2/c15-12(16)11-7-4-8-14(11)13(17)18-9-10-5-2-1-3-6-10;7-5(8)4-2-1-3-6-4/h1-3,5-6,11H,4,7-9H2,(H,15,16);4,6H,1-3H2,(H,7,8)/t11-;4-/m00/s1. The average Bonchev–Trinajstić information content (AvgIpc) is 3.32. The van der Waals surface area contributed by atoms with Crippen molar-refractivity contribution in [1.29, 1.82) is 0 Å². The Morgan fingerprint density at radius 1 is 1.08 bits per heavy atom. The van der Waals surface area contributed by atoms with Crippen molar-refractivity contribution < 1.29 is 29.3 Å². The van der Waals surface area contributed by atoms with Gasteiger partial charge in [-0.05, 0) is 37.8 Å². The summed E-state index contributed by atoms with van der Waals surface area (Å²) >= 11 is 0. The summed E-state index contributed by atoms with van der Waals surface area (Å²) in [6.07, 6.45) is 2.43. The maximum absolute atomic E-state index is 11.8. The van der Waals surface area contributed by atoms with Crippen LogP contribution in [0.3, 0.4) is 0 Å². The number of rotatable bonds is 4. The van der Waals surface area contributed by atoms with E-state index in [4.69, 9.17) is 14.9 Å². The van der Waals surface area contributed by atoms with Crippen molar-refractivity contribution in [3.63, 3.8) is 0 Å². The molecule has 0 unspecified atom stereocenters. The van der Waals surface area contributed by atoms with Crippen LogP contribution in [0.25, 0.3) is 0 Å². The molecule has 1 amide bonds. The third-order valence-corrected chi connectivity index (χ3v) is 4.34. The molecule has 2 aliphatic heterocycles. The van der Waals surface area contributed by atoms with Crippen LogP contribution in [0.4, 0.5) is 4.79 Å². The number of aliphatic carboxylic acids is 2. The zero-order valence-corrected chi connectivity index (χ0v) is 14.5. The number of amides is 1. The van der Waals surface area contributed by atoms with E-state index in [-0.39, 0.29) is 12.6 Å². The lowest BCUT2D eigenvalue weighted by Crippen LogP contribution is -2.40. The molecule has 0 bridgehead atoms. The monoisotopic (exact) mass is 364 g/mol. The molecule has 2 saturated heterocycles. The van der Waals surface area contributed by atoms with E-state index in [2.05, 4.69) is 5.32 Å². The van der Waals surface area contributed by atoms with Crippen molar-refractivity contribution in [2.45, 2.75) is 44.4 Å². The van der Waals surface area contributed by atoms with Crippen LogP contribution in [-0.2, 0) is 20.9 Å². The number of likely N-dealkylation sites (tertiary alicyclic amines) is 1. The van der Waals surface area contributed by atoms with Crippen LogP contribution in [0.2, 0.25) is 0 Å². The Labute approximate surface area is 151 Å². The highest BCUT2D eigenvalue weighted by Gasteiger charge is 2.34. The van der Waals surface area contributed by atoms with Gasteiger partial charge in [-0.15, -0.1) is 0 Å². The summed E-state index contributed by atoms with van der Waals surface area (Å²) in [6.45, 7) is 1.48. The maximum atomic E-state index is 11.8. The molecule has 2 fully saturated rings. The summed E-state index contributed by atoms with van der Waals surface area (Å²) in [6, 6.07) is 8.30. The molecule has 2 aliphatic rings. The average molecular weight is 364 g/mol. The summed E-state index contributed by atoms with van der Waals surface area (Å²) in [4.78, 5) is 34.1. The van der Waals surface area contributed by atoms with Crippen molar-refractivity contribution in [1.82, 2.24) is 10.2 Å². The van der Waals surface area contributed by atoms with Gasteiger partial charge in [-0.2, -0.15) is 0 Å². The van der Waals surface area contributed by atoms with Gasteiger partial charge in [0, 0.05) is 6.54 Å². The first kappa shape index (κ1) is 19.7. The minimum atomic E-state index is -0.968. The van der Waals surface area contributed by atoms with E-state index in [1.807, 2.05) is 30.3 Å². The molecule has 8 nitrogen and oxygen atoms in total. The molecule has 3 rings (SSSR count). The van der Waals surface area contributed by atoms with Crippen LogP contribution in [0.1, 0.15) is 31.2 Å². The molecule has 2 heterocycles. The normalized spacial score (nSPS) is 21.6. The van der Waals surface area contributed by atoms with Crippen LogP contribution in [-0.4, -0.2) is 58.3 Å². The summed E-state index contributed by atoms with van der Waals surface area (Å²) in [5, 5.41) is 20.2. The molecule has 142 valence electrons. The van der Waals surface area contributed by atoms with Crippen molar-refractivity contribution in [3.05, 3.63) is 35.9 Å². The number of hydrogen-bond donors (Lipinski definition) is 3. The Balaban J connectivity index is 0.000000254. The molecular weight excluding hydrogens is 340 g/mol. The van der Waals surface area contributed by atoms with Gasteiger partial charge in [0.15, 0.2) is 0 Å². The fraction of sp³-hybridized carbons (Fsp3) is 0.500. The van der Waals surface area contributed by atoms with Gasteiger partial charge in [-0.1, -0.05) is 30.3 Å². The second-order valence-electron chi connectivity index (χ2n) is 6.22. The summed E-state index contributed by atoms with van der Waals surface area (Å²) in [5.74, 6) is -1.69. The molecular formula is C18H24N2O6. The molecule has 3 N–H and O–H groups in total. The second-order valence-corrected chi connectivity index (χ2v) is 6.22. The number of benzene rings is 1. The van der Waals surface area contributed by atoms with Crippen LogP contribution < -0.4 is 5.32 Å². The SMILES string of the molecule is O=C(O)[C@@H]1CCCN1.O=C(O)[C@@H]1CCCN1C(=O)OCc1ccccc1. The summed E-state index contributed by atoms with van der Waals surface area (Å²) in [7, 11) is 0. The molecule has 26 heavy (non-hydrogen) atoms. The van der Waals surface area contributed by atoms with E-state index >= 15 is 0 Å². The Bertz CT molecular complexity index is 615. The van der Waals surface area contributed by atoms with Gasteiger partial charge in [0.1, 0.15) is 18.7 Å². The second kappa shape index (κ2) is 9.76. The number of nitrogens with zero attached hydrogens (tertiary/aromatic N) is 1. The highest BCUT2D eigenvalue weighted by atomic mass is 16.6. The number of carbonyl (C=O) groups excluding carboxylic acids is 1. The first-order valence-corrected chi connectivity index (χ1v) is 8.65. The Kier molecular flexibility index (Phi) is 7.40. The minimum Gasteiger partial charge on any atom is -0.480 e. The number of hydrogen-bond acceptors (Lipinski definition) is 5. The fourth-order valence-corrected chi connectivity index (χ4v) is 2.94. The summed E-state index contributed by atoms with van der Waals surface area (Å²) < 4.78 is 5.12. The molecule has 1 aromatic rings. The van der Waals surface area contributed by atoms with Gasteiger partial charge in [0.2, 0.25) is 0 Å². The third-order valence-electron chi connectivity index (χ3n) is 4.34. The van der Waals surface area contributed by atoms with E-state index < -0.39 is 24.1 Å². The van der Waals surface area contributed by atoms with Crippen LogP contribution in [0.5, 0.6) is 0 Å². The minimum absolute atomic E-state index is 0.169. The lowest BCUT2D eigenvalue weighted by molar-refractivity contribution is -0.142. The molecule has 0 aliphatic carbocycles. The van der Waals surface area contributed by atoms with Gasteiger partial charge < -0.3 is 20.3 Å². The van der Waals surface area contributed by atoms with Gasteiger partial charge in [-0.25, -0.2) is 9.59 Å². The van der Waals surface area contributed by atoms with Gasteiger partial charge in [0.05, 0.1) is 0 Å². The smallest absolute Gasteiger partial charge is 0.410 e. The van der Waals surface area contributed by atoms with Crippen molar-refractivity contribution in [2.75, 3.05) is 13.1 Å². The summed E-state index contributed by atoms with van der Waals surface area (Å²) in [5.41, 5.74) is 0.886. The van der Waals surface area contributed by atoms with Crippen molar-refractivity contribution in [3.8, 4) is 0 Å². The topological polar surface area (TPSA) is 116 Å². The first-order valence-electron chi connectivity index (χ1n) is 8.65. The quantitative estimate of drug-likeness (QED) is 0.744. The highest BCUT2D eigenvalue weighted by Crippen LogP contribution is 2.18. The van der Waals surface area contributed by atoms with Gasteiger partial charge in [0.25, 0.3) is 0 Å². The molecule has 1 aromatic carbocycles. The van der Waals surface area contributed by atoms with E-state index in [9.17, 15) is 14.4 Å². The van der Waals surface area contributed by atoms with Crippen LogP contribution in [0.15, 0.2) is 30.3 Å². The molecule has 0 saturated carbocycles. The van der Waals surface area contributed by atoms with E-state index in [1.54, 1.807) is 0 Å². The number of ether oxygens (including phenoxy) is 1. The predicted octanol–water partition coefficient (Wildman–Crippen LogP) is 1.70. The maximum Gasteiger partial charge on any atom is 0.410 e. The van der Waals surface area contributed by atoms with Crippen LogP contribution in [0, 0.1) is 0 Å². The van der Waals surface area contributed by atoms with Crippen molar-refractivity contribution in [2.24, 2.45) is 0 Å². The number of carboxylic acids is 2. The van der Waals surface area contributed by atoms with Crippen LogP contribution >= 0.6 is 0 Å². The predicted molar refractivity (Wildman–Crippen MR) is 92.7 cm³/mol. The van der Waals surface area contributed by atoms with E-state index in [0.29, 0.717) is 19.4 Å². The van der Waals surface area contributed by atoms with Gasteiger partial charge in [-0.3, -0.25) is 9.69 Å². The van der Waals surface area contributed by atoms with E-state index in [0.717, 1.165) is 24.9 Å². The van der Waals surface area contributed by atoms with E-state index in [1.165, 1.54) is 4.90 Å². The number of nitrogens with one attached hydrogen (secondary N) is 1.